The zero-order chi connectivity index (χ0) is 27.6. The summed E-state index contributed by atoms with van der Waals surface area (Å²) in [6, 6.07) is 15.1. The van der Waals surface area contributed by atoms with E-state index in [-0.39, 0.29) is 17.7 Å². The summed E-state index contributed by atoms with van der Waals surface area (Å²) in [6.07, 6.45) is 9.53. The molecule has 0 bridgehead atoms. The van der Waals surface area contributed by atoms with Gasteiger partial charge in [-0.3, -0.25) is 9.59 Å². The molecule has 1 aliphatic heterocycles. The lowest BCUT2D eigenvalue weighted by atomic mass is 10.0. The molecule has 2 amide bonds. The minimum Gasteiger partial charge on any atom is -0.343 e. The Labute approximate surface area is 231 Å². The van der Waals surface area contributed by atoms with Gasteiger partial charge in [-0.25, -0.2) is 4.98 Å². The van der Waals surface area contributed by atoms with Crippen molar-refractivity contribution in [1.82, 2.24) is 34.6 Å². The van der Waals surface area contributed by atoms with Crippen molar-refractivity contribution in [3.63, 3.8) is 0 Å². The summed E-state index contributed by atoms with van der Waals surface area (Å²) >= 11 is 0. The third kappa shape index (κ3) is 5.08. The number of likely N-dealkylation sites (N-methyl/N-ethyl adjacent to an activating group) is 1. The zero-order valence-electron chi connectivity index (χ0n) is 22.4. The molecule has 5 aromatic rings. The quantitative estimate of drug-likeness (QED) is 0.306. The molecular formula is C30H30N8O2. The van der Waals surface area contributed by atoms with Crippen molar-refractivity contribution in [2.75, 3.05) is 39.0 Å². The maximum absolute atomic E-state index is 13.3. The summed E-state index contributed by atoms with van der Waals surface area (Å²) in [5, 5.41) is 12.5. The van der Waals surface area contributed by atoms with Crippen LogP contribution in [0.25, 0.3) is 27.7 Å². The molecule has 1 atom stereocenters. The largest absolute Gasteiger partial charge is 0.343 e. The highest BCUT2D eigenvalue weighted by Crippen LogP contribution is 2.35. The van der Waals surface area contributed by atoms with Gasteiger partial charge in [0.05, 0.1) is 11.7 Å². The number of H-pyrrole nitrogens is 1. The highest BCUT2D eigenvalue weighted by atomic mass is 16.2. The molecule has 5 heterocycles. The minimum absolute atomic E-state index is 0.0139. The fraction of sp³-hybridized carbons (Fsp3) is 0.233. The SMILES string of the molecule is CN(C)C/C=C/C(=O)Nc1ccc(C(=O)N2CCC(c3cc4c(-c5cnn6ncccc56)ccnc4[nH]3)C2)cc1. The van der Waals surface area contributed by atoms with Gasteiger partial charge in [-0.15, -0.1) is 0 Å². The number of anilines is 1. The first-order valence-electron chi connectivity index (χ1n) is 13.2. The molecule has 1 unspecified atom stereocenters. The van der Waals surface area contributed by atoms with Crippen LogP contribution in [0.4, 0.5) is 5.69 Å². The normalized spacial score (nSPS) is 15.6. The molecule has 202 valence electrons. The summed E-state index contributed by atoms with van der Waals surface area (Å²) in [5.41, 5.74) is 6.11. The van der Waals surface area contributed by atoms with E-state index in [1.54, 1.807) is 47.4 Å². The molecule has 4 aromatic heterocycles. The van der Waals surface area contributed by atoms with E-state index in [0.717, 1.165) is 39.8 Å². The van der Waals surface area contributed by atoms with Gasteiger partial charge in [-0.1, -0.05) is 6.08 Å². The lowest BCUT2D eigenvalue weighted by Gasteiger charge is -2.16. The van der Waals surface area contributed by atoms with Crippen LogP contribution >= 0.6 is 0 Å². The van der Waals surface area contributed by atoms with Crippen LogP contribution in [-0.2, 0) is 4.79 Å². The second-order valence-corrected chi connectivity index (χ2v) is 10.3. The molecule has 2 N–H and O–H groups in total. The maximum atomic E-state index is 13.3. The summed E-state index contributed by atoms with van der Waals surface area (Å²) in [5.74, 6) is -0.0262. The highest BCUT2D eigenvalue weighted by molar-refractivity contribution is 6.00. The molecule has 0 aliphatic carbocycles. The first kappa shape index (κ1) is 25.4. The summed E-state index contributed by atoms with van der Waals surface area (Å²) < 4.78 is 1.62. The summed E-state index contributed by atoms with van der Waals surface area (Å²) in [7, 11) is 3.88. The van der Waals surface area contributed by atoms with E-state index < -0.39 is 0 Å². The molecule has 6 rings (SSSR count). The number of rotatable bonds is 7. The first-order chi connectivity index (χ1) is 19.5. The smallest absolute Gasteiger partial charge is 0.253 e. The van der Waals surface area contributed by atoms with Crippen molar-refractivity contribution in [1.29, 1.82) is 0 Å². The topological polar surface area (TPSA) is 112 Å². The number of likely N-dealkylation sites (tertiary alicyclic amines) is 1. The molecule has 0 radical (unpaired) electrons. The molecule has 10 nitrogen and oxygen atoms in total. The number of aromatic nitrogens is 5. The standard InChI is InChI=1S/C30H30N8O2/c1-36(2)15-4-6-28(39)34-22-9-7-20(8-10-22)30(40)37-16-12-21(19-37)26-17-24-23(11-14-31-29(24)35-26)25-18-33-38-27(25)5-3-13-32-38/h3-11,13-14,17-18,21H,12,15-16,19H2,1-2H3,(H,31,35)(H,34,39)/b6-4+. The van der Waals surface area contributed by atoms with E-state index in [1.165, 1.54) is 6.08 Å². The summed E-state index contributed by atoms with van der Waals surface area (Å²) in [6.45, 7) is 1.98. The van der Waals surface area contributed by atoms with E-state index >= 15 is 0 Å². The average Bonchev–Trinajstić information content (AvgIpc) is 3.71. The number of hydrogen-bond donors (Lipinski definition) is 2. The van der Waals surface area contributed by atoms with Gasteiger partial charge >= 0.3 is 0 Å². The predicted octanol–water partition coefficient (Wildman–Crippen LogP) is 3.96. The van der Waals surface area contributed by atoms with Gasteiger partial charge in [0.25, 0.3) is 5.91 Å². The van der Waals surface area contributed by atoms with Crippen molar-refractivity contribution < 1.29 is 9.59 Å². The molecule has 1 saturated heterocycles. The lowest BCUT2D eigenvalue weighted by Crippen LogP contribution is -2.28. The molecule has 10 heteroatoms. The molecule has 1 aliphatic rings. The fourth-order valence-corrected chi connectivity index (χ4v) is 5.17. The van der Waals surface area contributed by atoms with Gasteiger partial charge < -0.3 is 20.1 Å². The zero-order valence-corrected chi connectivity index (χ0v) is 22.4. The Morgan fingerprint density at radius 2 is 1.95 bits per heavy atom. The minimum atomic E-state index is -0.197. The van der Waals surface area contributed by atoms with Crippen molar-refractivity contribution in [3.8, 4) is 11.1 Å². The highest BCUT2D eigenvalue weighted by Gasteiger charge is 2.29. The van der Waals surface area contributed by atoms with Crippen LogP contribution in [0.15, 0.2) is 79.3 Å². The predicted molar refractivity (Wildman–Crippen MR) is 154 cm³/mol. The molecule has 1 fully saturated rings. The molecule has 0 spiro atoms. The van der Waals surface area contributed by atoms with Crippen LogP contribution in [0.2, 0.25) is 0 Å². The Kier molecular flexibility index (Phi) is 6.83. The number of nitrogens with zero attached hydrogens (tertiary/aromatic N) is 6. The van der Waals surface area contributed by atoms with Crippen molar-refractivity contribution in [2.45, 2.75) is 12.3 Å². The van der Waals surface area contributed by atoms with Gasteiger partial charge in [-0.2, -0.15) is 14.8 Å². The van der Waals surface area contributed by atoms with Crippen molar-refractivity contribution in [2.24, 2.45) is 0 Å². The van der Waals surface area contributed by atoms with Crippen molar-refractivity contribution >= 4 is 34.1 Å². The number of aromatic amines is 1. The Morgan fingerprint density at radius 1 is 1.10 bits per heavy atom. The third-order valence-corrected chi connectivity index (χ3v) is 7.20. The Bertz CT molecular complexity index is 1720. The van der Waals surface area contributed by atoms with Gasteiger partial charge in [0.2, 0.25) is 5.91 Å². The van der Waals surface area contributed by atoms with E-state index in [2.05, 4.69) is 31.5 Å². The third-order valence-electron chi connectivity index (χ3n) is 7.20. The Balaban J connectivity index is 1.14. The lowest BCUT2D eigenvalue weighted by molar-refractivity contribution is -0.111. The van der Waals surface area contributed by atoms with Gasteiger partial charge in [0.15, 0.2) is 0 Å². The Hall–Kier alpha value is -4.83. The van der Waals surface area contributed by atoms with Crippen LogP contribution in [-0.4, -0.2) is 80.1 Å². The molecule has 40 heavy (non-hydrogen) atoms. The van der Waals surface area contributed by atoms with E-state index in [9.17, 15) is 9.59 Å². The van der Waals surface area contributed by atoms with E-state index in [1.807, 2.05) is 48.3 Å². The van der Waals surface area contributed by atoms with Gasteiger partial charge in [0.1, 0.15) is 5.65 Å². The summed E-state index contributed by atoms with van der Waals surface area (Å²) in [4.78, 5) is 37.3. The van der Waals surface area contributed by atoms with E-state index in [4.69, 9.17) is 0 Å². The average molecular weight is 535 g/mol. The van der Waals surface area contributed by atoms with Crippen LogP contribution in [0, 0.1) is 0 Å². The van der Waals surface area contributed by atoms with E-state index in [0.29, 0.717) is 30.9 Å². The maximum Gasteiger partial charge on any atom is 0.253 e. The number of carbonyl (C=O) groups excluding carboxylic acids is 2. The first-order valence-corrected chi connectivity index (χ1v) is 13.2. The van der Waals surface area contributed by atoms with Crippen LogP contribution in [0.1, 0.15) is 28.4 Å². The second-order valence-electron chi connectivity index (χ2n) is 10.3. The molecule has 0 saturated carbocycles. The monoisotopic (exact) mass is 534 g/mol. The molecular weight excluding hydrogens is 504 g/mol. The van der Waals surface area contributed by atoms with Crippen LogP contribution in [0.3, 0.4) is 0 Å². The van der Waals surface area contributed by atoms with Crippen LogP contribution in [0.5, 0.6) is 0 Å². The van der Waals surface area contributed by atoms with Gasteiger partial charge in [-0.05, 0) is 74.6 Å². The number of hydrogen-bond acceptors (Lipinski definition) is 6. The fourth-order valence-electron chi connectivity index (χ4n) is 5.17. The number of pyridine rings is 1. The number of carbonyl (C=O) groups is 2. The number of fused-ring (bicyclic) bond motifs is 2. The van der Waals surface area contributed by atoms with Crippen molar-refractivity contribution in [3.05, 3.63) is 90.5 Å². The van der Waals surface area contributed by atoms with Gasteiger partial charge in [0, 0.05) is 71.9 Å². The number of nitrogens with one attached hydrogen (secondary N) is 2. The van der Waals surface area contributed by atoms with Crippen LogP contribution < -0.4 is 5.32 Å². The Morgan fingerprint density at radius 3 is 2.77 bits per heavy atom. The number of benzene rings is 1. The second kappa shape index (κ2) is 10.7. The number of amides is 2. The molecule has 1 aromatic carbocycles.